The quantitative estimate of drug-likeness (QED) is 0.868. The summed E-state index contributed by atoms with van der Waals surface area (Å²) in [5.41, 5.74) is -0.788. The van der Waals surface area contributed by atoms with Crippen LogP contribution in [0.3, 0.4) is 0 Å². The van der Waals surface area contributed by atoms with Gasteiger partial charge in [0.05, 0.1) is 16.7 Å². The number of hydrogen-bond donors (Lipinski definition) is 1. The van der Waals surface area contributed by atoms with Gasteiger partial charge in [-0.2, -0.15) is 0 Å². The SMILES string of the molecule is CCC(CC)(Cn1nnnc1C1(C)CCCS1)C(=O)O. The fourth-order valence-electron chi connectivity index (χ4n) is 2.78. The zero-order valence-corrected chi connectivity index (χ0v) is 13.1. The van der Waals surface area contributed by atoms with Crippen LogP contribution < -0.4 is 0 Å². The van der Waals surface area contributed by atoms with Crippen LogP contribution in [0.25, 0.3) is 0 Å². The number of aliphatic carboxylic acids is 1. The maximum atomic E-state index is 11.6. The lowest BCUT2D eigenvalue weighted by Crippen LogP contribution is -2.36. The van der Waals surface area contributed by atoms with E-state index in [0.717, 1.165) is 24.4 Å². The molecule has 1 fully saturated rings. The predicted molar refractivity (Wildman–Crippen MR) is 77.5 cm³/mol. The normalized spacial score (nSPS) is 23.1. The summed E-state index contributed by atoms with van der Waals surface area (Å²) in [4.78, 5) is 11.6. The smallest absolute Gasteiger partial charge is 0.311 e. The molecule has 1 aromatic rings. The Labute approximate surface area is 123 Å². The molecule has 1 saturated heterocycles. The number of nitrogens with zero attached hydrogens (tertiary/aromatic N) is 4. The third-order valence-electron chi connectivity index (χ3n) is 4.48. The molecule has 0 bridgehead atoms. The largest absolute Gasteiger partial charge is 0.481 e. The Morgan fingerprint density at radius 3 is 2.70 bits per heavy atom. The molecular formula is C13H22N4O2S. The van der Waals surface area contributed by atoms with E-state index in [9.17, 15) is 9.90 Å². The van der Waals surface area contributed by atoms with Gasteiger partial charge in [-0.25, -0.2) is 4.68 Å². The number of carboxylic acid groups (broad SMARTS) is 1. The molecule has 6 nitrogen and oxygen atoms in total. The molecule has 0 aromatic carbocycles. The van der Waals surface area contributed by atoms with Crippen LogP contribution in [-0.2, 0) is 16.1 Å². The number of carbonyl (C=O) groups is 1. The highest BCUT2D eigenvalue weighted by Gasteiger charge is 2.41. The van der Waals surface area contributed by atoms with Crippen molar-refractivity contribution in [3.05, 3.63) is 5.82 Å². The van der Waals surface area contributed by atoms with E-state index in [0.29, 0.717) is 19.4 Å². The molecular weight excluding hydrogens is 276 g/mol. The van der Waals surface area contributed by atoms with Crippen LogP contribution in [0, 0.1) is 5.41 Å². The van der Waals surface area contributed by atoms with Crippen molar-refractivity contribution in [2.75, 3.05) is 5.75 Å². The summed E-state index contributed by atoms with van der Waals surface area (Å²) in [7, 11) is 0. The van der Waals surface area contributed by atoms with Gasteiger partial charge >= 0.3 is 5.97 Å². The first-order valence-corrected chi connectivity index (χ1v) is 8.10. The third-order valence-corrected chi connectivity index (χ3v) is 6.00. The van der Waals surface area contributed by atoms with Crippen LogP contribution in [0.15, 0.2) is 0 Å². The molecule has 0 spiro atoms. The summed E-state index contributed by atoms with van der Waals surface area (Å²) >= 11 is 1.86. The van der Waals surface area contributed by atoms with Gasteiger partial charge in [0.25, 0.3) is 0 Å². The summed E-state index contributed by atoms with van der Waals surface area (Å²) in [6, 6.07) is 0. The van der Waals surface area contributed by atoms with Crippen molar-refractivity contribution in [3.8, 4) is 0 Å². The van der Waals surface area contributed by atoms with E-state index < -0.39 is 11.4 Å². The molecule has 0 saturated carbocycles. The molecule has 2 rings (SSSR count). The minimum Gasteiger partial charge on any atom is -0.481 e. The molecule has 0 amide bonds. The first-order valence-electron chi connectivity index (χ1n) is 7.11. The molecule has 1 atom stereocenters. The second kappa shape index (κ2) is 5.71. The molecule has 1 N–H and O–H groups in total. The maximum absolute atomic E-state index is 11.6. The van der Waals surface area contributed by atoms with E-state index in [-0.39, 0.29) is 4.75 Å². The van der Waals surface area contributed by atoms with Gasteiger partial charge in [0, 0.05) is 0 Å². The minimum atomic E-state index is -0.788. The van der Waals surface area contributed by atoms with Crippen molar-refractivity contribution in [2.24, 2.45) is 5.41 Å². The lowest BCUT2D eigenvalue weighted by Gasteiger charge is -2.28. The van der Waals surface area contributed by atoms with E-state index >= 15 is 0 Å². The summed E-state index contributed by atoms with van der Waals surface area (Å²) in [5, 5.41) is 21.6. The van der Waals surface area contributed by atoms with Crippen molar-refractivity contribution >= 4 is 17.7 Å². The summed E-state index contributed by atoms with van der Waals surface area (Å²) in [6.45, 7) is 6.31. The highest BCUT2D eigenvalue weighted by Crippen LogP contribution is 2.45. The van der Waals surface area contributed by atoms with Crippen molar-refractivity contribution in [3.63, 3.8) is 0 Å². The molecule has 1 aromatic heterocycles. The number of hydrogen-bond acceptors (Lipinski definition) is 5. The van der Waals surface area contributed by atoms with E-state index in [1.54, 1.807) is 4.68 Å². The van der Waals surface area contributed by atoms with Crippen LogP contribution in [-0.4, -0.2) is 37.0 Å². The van der Waals surface area contributed by atoms with Gasteiger partial charge in [-0.3, -0.25) is 4.79 Å². The zero-order valence-electron chi connectivity index (χ0n) is 12.3. The van der Waals surface area contributed by atoms with Crippen molar-refractivity contribution in [1.29, 1.82) is 0 Å². The zero-order chi connectivity index (χ0) is 14.8. The lowest BCUT2D eigenvalue weighted by atomic mass is 9.82. The van der Waals surface area contributed by atoms with Crippen molar-refractivity contribution in [1.82, 2.24) is 20.2 Å². The Kier molecular flexibility index (Phi) is 4.36. The standard InChI is InChI=1S/C13H22N4O2S/c1-4-13(5-2,11(18)19)9-17-10(14-15-16-17)12(3)7-6-8-20-12/h4-9H2,1-3H3,(H,18,19). The molecule has 1 aliphatic heterocycles. The molecule has 0 radical (unpaired) electrons. The molecule has 112 valence electrons. The number of tetrazole rings is 1. The van der Waals surface area contributed by atoms with Gasteiger partial charge in [-0.15, -0.1) is 16.9 Å². The van der Waals surface area contributed by atoms with E-state index in [2.05, 4.69) is 22.4 Å². The molecule has 0 aliphatic carbocycles. The van der Waals surface area contributed by atoms with E-state index in [1.807, 2.05) is 25.6 Å². The number of rotatable bonds is 6. The average Bonchev–Trinajstić information content (AvgIpc) is 3.05. The van der Waals surface area contributed by atoms with Crippen LogP contribution in [0.1, 0.15) is 52.3 Å². The second-order valence-electron chi connectivity index (χ2n) is 5.64. The number of aromatic nitrogens is 4. The van der Waals surface area contributed by atoms with Crippen molar-refractivity contribution in [2.45, 2.75) is 57.7 Å². The summed E-state index contributed by atoms with van der Waals surface area (Å²) in [5.74, 6) is 1.15. The maximum Gasteiger partial charge on any atom is 0.311 e. The fourth-order valence-corrected chi connectivity index (χ4v) is 4.08. The van der Waals surface area contributed by atoms with Gasteiger partial charge in [0.15, 0.2) is 5.82 Å². The summed E-state index contributed by atoms with van der Waals surface area (Å²) in [6.07, 6.45) is 3.33. The average molecular weight is 298 g/mol. The Bertz CT molecular complexity index is 478. The first kappa shape index (κ1) is 15.3. The van der Waals surface area contributed by atoms with E-state index in [4.69, 9.17) is 0 Å². The van der Waals surface area contributed by atoms with Gasteiger partial charge in [-0.05, 0) is 48.8 Å². The molecule has 1 unspecified atom stereocenters. The van der Waals surface area contributed by atoms with Crippen LogP contribution in [0.2, 0.25) is 0 Å². The Morgan fingerprint density at radius 1 is 1.50 bits per heavy atom. The van der Waals surface area contributed by atoms with Crippen LogP contribution in [0.5, 0.6) is 0 Å². The van der Waals surface area contributed by atoms with Crippen LogP contribution >= 0.6 is 11.8 Å². The minimum absolute atomic E-state index is 0.0881. The molecule has 2 heterocycles. The van der Waals surface area contributed by atoms with Gasteiger partial charge in [-0.1, -0.05) is 13.8 Å². The molecule has 20 heavy (non-hydrogen) atoms. The second-order valence-corrected chi connectivity index (χ2v) is 7.23. The summed E-state index contributed by atoms with van der Waals surface area (Å²) < 4.78 is 1.62. The predicted octanol–water partition coefficient (Wildman–Crippen LogP) is 2.31. The lowest BCUT2D eigenvalue weighted by molar-refractivity contribution is -0.150. The monoisotopic (exact) mass is 298 g/mol. The van der Waals surface area contributed by atoms with Gasteiger partial charge in [0.2, 0.25) is 0 Å². The third kappa shape index (κ3) is 2.55. The first-order chi connectivity index (χ1) is 9.47. The Morgan fingerprint density at radius 2 is 2.20 bits per heavy atom. The molecule has 1 aliphatic rings. The Balaban J connectivity index is 2.30. The van der Waals surface area contributed by atoms with Crippen LogP contribution in [0.4, 0.5) is 0 Å². The van der Waals surface area contributed by atoms with Gasteiger partial charge in [0.1, 0.15) is 0 Å². The van der Waals surface area contributed by atoms with E-state index in [1.165, 1.54) is 0 Å². The van der Waals surface area contributed by atoms with Gasteiger partial charge < -0.3 is 5.11 Å². The Hall–Kier alpha value is -1.11. The molecule has 7 heteroatoms. The highest BCUT2D eigenvalue weighted by atomic mass is 32.2. The highest BCUT2D eigenvalue weighted by molar-refractivity contribution is 8.00. The number of thioether (sulfide) groups is 1. The fraction of sp³-hybridized carbons (Fsp3) is 0.846. The topological polar surface area (TPSA) is 80.9 Å². The van der Waals surface area contributed by atoms with Crippen molar-refractivity contribution < 1.29 is 9.90 Å². The number of carboxylic acids is 1.